The summed E-state index contributed by atoms with van der Waals surface area (Å²) < 4.78 is 6.45. The van der Waals surface area contributed by atoms with E-state index in [2.05, 4.69) is 26.7 Å². The number of rotatable bonds is 6. The van der Waals surface area contributed by atoms with E-state index in [0.717, 1.165) is 10.2 Å². The topological polar surface area (TPSA) is 76.4 Å². The van der Waals surface area contributed by atoms with Gasteiger partial charge in [0.1, 0.15) is 12.4 Å². The fourth-order valence-corrected chi connectivity index (χ4v) is 2.29. The summed E-state index contributed by atoms with van der Waals surface area (Å²) in [5.41, 5.74) is 4.52. The van der Waals surface area contributed by atoms with Gasteiger partial charge in [-0.2, -0.15) is 0 Å². The Labute approximate surface area is 138 Å². The Morgan fingerprint density at radius 1 is 1.23 bits per heavy atom. The average molecular weight is 364 g/mol. The lowest BCUT2D eigenvalue weighted by molar-refractivity contribution is 0.0954. The molecule has 0 fully saturated rings. The second-order valence-electron chi connectivity index (χ2n) is 4.75. The molecule has 0 unspecified atom stereocenters. The number of hydrogen-bond donors (Lipinski definition) is 3. The molecule has 2 aromatic carbocycles. The van der Waals surface area contributed by atoms with Crippen molar-refractivity contribution >= 4 is 27.5 Å². The molecule has 0 radical (unpaired) electrons. The van der Waals surface area contributed by atoms with Crippen LogP contribution in [0.1, 0.15) is 15.9 Å². The van der Waals surface area contributed by atoms with Gasteiger partial charge < -0.3 is 10.1 Å². The van der Waals surface area contributed by atoms with Gasteiger partial charge in [-0.3, -0.25) is 10.2 Å². The smallest absolute Gasteiger partial charge is 0.267 e. The normalized spacial score (nSPS) is 10.1. The molecule has 0 aliphatic carbocycles. The van der Waals surface area contributed by atoms with Crippen LogP contribution in [-0.2, 0) is 0 Å². The fourth-order valence-electron chi connectivity index (χ4n) is 1.93. The predicted octanol–water partition coefficient (Wildman–Crippen LogP) is 2.85. The van der Waals surface area contributed by atoms with Gasteiger partial charge in [0.25, 0.3) is 5.91 Å². The number of benzene rings is 2. The molecule has 2 aromatic rings. The van der Waals surface area contributed by atoms with Crippen molar-refractivity contribution in [3.8, 4) is 5.75 Å². The number of ether oxygens (including phenoxy) is 1. The highest BCUT2D eigenvalue weighted by molar-refractivity contribution is 9.10. The summed E-state index contributed by atoms with van der Waals surface area (Å²) in [6, 6.07) is 13.3. The van der Waals surface area contributed by atoms with Crippen LogP contribution >= 0.6 is 15.9 Å². The van der Waals surface area contributed by atoms with Crippen LogP contribution in [0, 0.1) is 6.92 Å². The predicted molar refractivity (Wildman–Crippen MR) is 91.0 cm³/mol. The van der Waals surface area contributed by atoms with Crippen LogP contribution in [0.4, 0.5) is 5.69 Å². The van der Waals surface area contributed by atoms with Crippen molar-refractivity contribution < 1.29 is 9.53 Å². The van der Waals surface area contributed by atoms with Gasteiger partial charge in [-0.1, -0.05) is 33.6 Å². The maximum Gasteiger partial charge on any atom is 0.267 e. The van der Waals surface area contributed by atoms with Gasteiger partial charge in [0.05, 0.1) is 5.56 Å². The number of amides is 1. The molecule has 22 heavy (non-hydrogen) atoms. The van der Waals surface area contributed by atoms with Gasteiger partial charge in [-0.05, 0) is 37.3 Å². The summed E-state index contributed by atoms with van der Waals surface area (Å²) in [6.07, 6.45) is 0. The first-order chi connectivity index (χ1) is 10.6. The van der Waals surface area contributed by atoms with Crippen LogP contribution in [0.15, 0.2) is 46.9 Å². The Balaban J connectivity index is 1.91. The van der Waals surface area contributed by atoms with E-state index in [1.807, 2.05) is 43.3 Å². The Bertz CT molecular complexity index is 644. The lowest BCUT2D eigenvalue weighted by Crippen LogP contribution is -2.30. The van der Waals surface area contributed by atoms with Crippen LogP contribution in [0.5, 0.6) is 5.75 Å². The monoisotopic (exact) mass is 363 g/mol. The van der Waals surface area contributed by atoms with Crippen molar-refractivity contribution in [3.63, 3.8) is 0 Å². The van der Waals surface area contributed by atoms with E-state index in [1.165, 1.54) is 5.56 Å². The largest absolute Gasteiger partial charge is 0.492 e. The van der Waals surface area contributed by atoms with Crippen LogP contribution in [-0.4, -0.2) is 19.1 Å². The van der Waals surface area contributed by atoms with Gasteiger partial charge in [-0.25, -0.2) is 5.84 Å². The number of hydrogen-bond acceptors (Lipinski definition) is 4. The van der Waals surface area contributed by atoms with E-state index in [-0.39, 0.29) is 5.91 Å². The quantitative estimate of drug-likeness (QED) is 0.319. The first-order valence-electron chi connectivity index (χ1n) is 6.84. The SMILES string of the molecule is Cc1ccc(OCCNc2ccc(Br)cc2C(=O)NN)cc1. The highest BCUT2D eigenvalue weighted by Gasteiger charge is 2.10. The zero-order valence-corrected chi connectivity index (χ0v) is 13.8. The minimum absolute atomic E-state index is 0.344. The standard InChI is InChI=1S/C16H18BrN3O2/c1-11-2-5-13(6-3-11)22-9-8-19-15-7-4-12(17)10-14(15)16(21)20-18/h2-7,10,19H,8-9,18H2,1H3,(H,20,21). The third kappa shape index (κ3) is 4.47. The van der Waals surface area contributed by atoms with Crippen molar-refractivity contribution in [1.82, 2.24) is 5.43 Å². The first kappa shape index (κ1) is 16.3. The number of aryl methyl sites for hydroxylation is 1. The van der Waals surface area contributed by atoms with Gasteiger partial charge >= 0.3 is 0 Å². The van der Waals surface area contributed by atoms with E-state index >= 15 is 0 Å². The van der Waals surface area contributed by atoms with Crippen LogP contribution < -0.4 is 21.3 Å². The fraction of sp³-hybridized carbons (Fsp3) is 0.188. The number of halogens is 1. The number of carbonyl (C=O) groups excluding carboxylic acids is 1. The summed E-state index contributed by atoms with van der Waals surface area (Å²) in [5.74, 6) is 5.68. The Morgan fingerprint density at radius 2 is 1.95 bits per heavy atom. The minimum atomic E-state index is -0.344. The number of nitrogens with two attached hydrogens (primary N) is 1. The number of nitrogens with one attached hydrogen (secondary N) is 2. The summed E-state index contributed by atoms with van der Waals surface area (Å²) in [6.45, 7) is 3.09. The average Bonchev–Trinajstić information content (AvgIpc) is 2.53. The van der Waals surface area contributed by atoms with E-state index in [9.17, 15) is 4.79 Å². The van der Waals surface area contributed by atoms with E-state index in [0.29, 0.717) is 24.4 Å². The van der Waals surface area contributed by atoms with E-state index in [1.54, 1.807) is 6.07 Å². The van der Waals surface area contributed by atoms with Crippen molar-refractivity contribution in [1.29, 1.82) is 0 Å². The van der Waals surface area contributed by atoms with Gasteiger partial charge in [0.2, 0.25) is 0 Å². The molecule has 0 spiro atoms. The molecule has 2 rings (SSSR count). The molecule has 0 atom stereocenters. The van der Waals surface area contributed by atoms with Crippen LogP contribution in [0.25, 0.3) is 0 Å². The van der Waals surface area contributed by atoms with Crippen LogP contribution in [0.3, 0.4) is 0 Å². The molecule has 0 bridgehead atoms. The zero-order valence-electron chi connectivity index (χ0n) is 12.2. The van der Waals surface area contributed by atoms with Crippen molar-refractivity contribution in [2.45, 2.75) is 6.92 Å². The lowest BCUT2D eigenvalue weighted by atomic mass is 10.1. The van der Waals surface area contributed by atoms with Crippen molar-refractivity contribution in [2.75, 3.05) is 18.5 Å². The summed E-state index contributed by atoms with van der Waals surface area (Å²) in [5, 5.41) is 3.18. The second-order valence-corrected chi connectivity index (χ2v) is 5.67. The molecule has 0 saturated heterocycles. The summed E-state index contributed by atoms with van der Waals surface area (Å²) >= 11 is 3.34. The summed E-state index contributed by atoms with van der Waals surface area (Å²) in [7, 11) is 0. The molecule has 0 aliphatic rings. The number of nitrogen functional groups attached to an aromatic ring is 1. The molecule has 0 aromatic heterocycles. The molecular formula is C16H18BrN3O2. The van der Waals surface area contributed by atoms with Gasteiger partial charge in [0.15, 0.2) is 0 Å². The van der Waals surface area contributed by atoms with Gasteiger partial charge in [0, 0.05) is 16.7 Å². The maximum absolute atomic E-state index is 11.7. The molecule has 0 aliphatic heterocycles. The van der Waals surface area contributed by atoms with Crippen LogP contribution in [0.2, 0.25) is 0 Å². The maximum atomic E-state index is 11.7. The third-order valence-electron chi connectivity index (χ3n) is 3.06. The zero-order chi connectivity index (χ0) is 15.9. The Morgan fingerprint density at radius 3 is 2.64 bits per heavy atom. The van der Waals surface area contributed by atoms with Crippen molar-refractivity contribution in [3.05, 3.63) is 58.1 Å². The number of carbonyl (C=O) groups is 1. The highest BCUT2D eigenvalue weighted by atomic mass is 79.9. The van der Waals surface area contributed by atoms with E-state index < -0.39 is 0 Å². The molecule has 1 amide bonds. The molecular weight excluding hydrogens is 346 g/mol. The second kappa shape index (κ2) is 7.82. The molecule has 5 nitrogen and oxygen atoms in total. The lowest BCUT2D eigenvalue weighted by Gasteiger charge is -2.12. The molecule has 0 saturated carbocycles. The first-order valence-corrected chi connectivity index (χ1v) is 7.63. The molecule has 116 valence electrons. The van der Waals surface area contributed by atoms with E-state index in [4.69, 9.17) is 10.6 Å². The molecule has 4 N–H and O–H groups in total. The molecule has 0 heterocycles. The number of anilines is 1. The number of hydrazine groups is 1. The third-order valence-corrected chi connectivity index (χ3v) is 3.56. The Hall–Kier alpha value is -2.05. The highest BCUT2D eigenvalue weighted by Crippen LogP contribution is 2.21. The summed E-state index contributed by atoms with van der Waals surface area (Å²) in [4.78, 5) is 11.7. The van der Waals surface area contributed by atoms with Crippen molar-refractivity contribution in [2.24, 2.45) is 5.84 Å². The minimum Gasteiger partial charge on any atom is -0.492 e. The Kier molecular flexibility index (Phi) is 5.80. The molecule has 6 heteroatoms. The van der Waals surface area contributed by atoms with Gasteiger partial charge in [-0.15, -0.1) is 0 Å².